The summed E-state index contributed by atoms with van der Waals surface area (Å²) in [7, 11) is 0. The van der Waals surface area contributed by atoms with Crippen LogP contribution in [0.2, 0.25) is 0 Å². The monoisotopic (exact) mass is 236 g/mol. The van der Waals surface area contributed by atoms with Crippen LogP contribution < -0.4 is 0 Å². The Labute approximate surface area is 97.6 Å². The fraction of sp³-hybridized carbons (Fsp3) is 0.182. The van der Waals surface area contributed by atoms with Crippen LogP contribution in [0, 0.1) is 10.8 Å². The minimum Gasteiger partial charge on any atom is -0.462 e. The highest BCUT2D eigenvalue weighted by molar-refractivity contribution is 7.16. The van der Waals surface area contributed by atoms with Gasteiger partial charge in [-0.2, -0.15) is 0 Å². The molecule has 0 atom stereocenters. The number of carbonyl (C=O) groups is 1. The van der Waals surface area contributed by atoms with Gasteiger partial charge in [0.1, 0.15) is 4.88 Å². The van der Waals surface area contributed by atoms with E-state index in [0.29, 0.717) is 16.4 Å². The van der Waals surface area contributed by atoms with Crippen molar-refractivity contribution in [2.45, 2.75) is 6.92 Å². The van der Waals surface area contributed by atoms with Crippen molar-refractivity contribution in [1.82, 2.24) is 0 Å². The summed E-state index contributed by atoms with van der Waals surface area (Å²) in [5.41, 5.74) is 0.282. The number of nitrogens with one attached hydrogen (secondary N) is 2. The molecular weight excluding hydrogens is 224 g/mol. The first kappa shape index (κ1) is 12.3. The standard InChI is InChI=1S/C11H12N2O2S/c1-2-15-11(14)10-6-5-9(16-10)8(13)4-3-7-12/h3-7,12-13H,2H2,1H3/b4-3-,12-7?,13-8?. The second-order valence-electron chi connectivity index (χ2n) is 2.82. The van der Waals surface area contributed by atoms with Gasteiger partial charge in [0, 0.05) is 6.21 Å². The van der Waals surface area contributed by atoms with Crippen molar-refractivity contribution in [3.05, 3.63) is 34.0 Å². The van der Waals surface area contributed by atoms with Crippen LogP contribution in [-0.4, -0.2) is 24.5 Å². The topological polar surface area (TPSA) is 74.0 Å². The average molecular weight is 236 g/mol. The Bertz CT molecular complexity index is 435. The highest BCUT2D eigenvalue weighted by Gasteiger charge is 2.10. The zero-order valence-electron chi connectivity index (χ0n) is 8.82. The molecule has 4 nitrogen and oxygen atoms in total. The van der Waals surface area contributed by atoms with Crippen LogP contribution in [-0.2, 0) is 4.74 Å². The van der Waals surface area contributed by atoms with Gasteiger partial charge in [0.05, 0.1) is 17.2 Å². The number of ether oxygens (including phenoxy) is 1. The average Bonchev–Trinajstić information content (AvgIpc) is 2.75. The number of esters is 1. The second kappa shape index (κ2) is 5.97. The van der Waals surface area contributed by atoms with Gasteiger partial charge in [-0.3, -0.25) is 5.41 Å². The third-order valence-corrected chi connectivity index (χ3v) is 2.81. The van der Waals surface area contributed by atoms with E-state index in [4.69, 9.17) is 15.6 Å². The van der Waals surface area contributed by atoms with Gasteiger partial charge in [-0.05, 0) is 31.2 Å². The molecule has 0 aromatic carbocycles. The fourth-order valence-corrected chi connectivity index (χ4v) is 1.85. The van der Waals surface area contributed by atoms with Crippen molar-refractivity contribution in [2.75, 3.05) is 6.61 Å². The lowest BCUT2D eigenvalue weighted by molar-refractivity contribution is 0.0532. The number of hydrogen-bond donors (Lipinski definition) is 2. The Kier molecular flexibility index (Phi) is 4.60. The van der Waals surface area contributed by atoms with Gasteiger partial charge in [0.25, 0.3) is 0 Å². The van der Waals surface area contributed by atoms with E-state index < -0.39 is 0 Å². The molecule has 0 spiro atoms. The predicted octanol–water partition coefficient (Wildman–Crippen LogP) is 2.50. The summed E-state index contributed by atoms with van der Waals surface area (Å²) < 4.78 is 4.85. The maximum absolute atomic E-state index is 11.4. The van der Waals surface area contributed by atoms with E-state index in [1.54, 1.807) is 19.1 Å². The van der Waals surface area contributed by atoms with E-state index >= 15 is 0 Å². The first-order chi connectivity index (χ1) is 7.69. The Hall–Kier alpha value is -1.75. The van der Waals surface area contributed by atoms with Crippen molar-refractivity contribution < 1.29 is 9.53 Å². The summed E-state index contributed by atoms with van der Waals surface area (Å²) in [6.07, 6.45) is 4.08. The van der Waals surface area contributed by atoms with Crippen LogP contribution >= 0.6 is 11.3 Å². The number of allylic oxidation sites excluding steroid dienone is 2. The number of rotatable bonds is 5. The molecule has 0 aliphatic carbocycles. The molecule has 0 fully saturated rings. The van der Waals surface area contributed by atoms with Crippen molar-refractivity contribution in [3.8, 4) is 0 Å². The molecule has 0 saturated heterocycles. The lowest BCUT2D eigenvalue weighted by Crippen LogP contribution is -2.01. The molecule has 2 N–H and O–H groups in total. The third-order valence-electron chi connectivity index (χ3n) is 1.71. The van der Waals surface area contributed by atoms with Crippen molar-refractivity contribution in [3.63, 3.8) is 0 Å². The lowest BCUT2D eigenvalue weighted by Gasteiger charge is -1.96. The van der Waals surface area contributed by atoms with E-state index in [-0.39, 0.29) is 11.7 Å². The number of thiophene rings is 1. The molecule has 0 aliphatic rings. The molecule has 5 heteroatoms. The van der Waals surface area contributed by atoms with E-state index in [1.807, 2.05) is 0 Å². The van der Waals surface area contributed by atoms with Crippen molar-refractivity contribution in [2.24, 2.45) is 0 Å². The first-order valence-corrected chi connectivity index (χ1v) is 5.53. The lowest BCUT2D eigenvalue weighted by atomic mass is 10.3. The van der Waals surface area contributed by atoms with Crippen LogP contribution in [0.3, 0.4) is 0 Å². The molecular formula is C11H12N2O2S. The molecule has 0 amide bonds. The SMILES string of the molecule is CCOC(=O)c1ccc(C(=N)/C=C\C=N)s1. The minimum atomic E-state index is -0.359. The minimum absolute atomic E-state index is 0.282. The van der Waals surface area contributed by atoms with E-state index in [9.17, 15) is 4.79 Å². The van der Waals surface area contributed by atoms with Gasteiger partial charge in [-0.25, -0.2) is 4.79 Å². The molecule has 1 rings (SSSR count). The molecule has 0 saturated carbocycles. The Morgan fingerprint density at radius 2 is 2.19 bits per heavy atom. The highest BCUT2D eigenvalue weighted by atomic mass is 32.1. The Balaban J connectivity index is 2.78. The maximum Gasteiger partial charge on any atom is 0.348 e. The van der Waals surface area contributed by atoms with Gasteiger partial charge in [-0.1, -0.05) is 0 Å². The van der Waals surface area contributed by atoms with E-state index in [1.165, 1.54) is 23.5 Å². The van der Waals surface area contributed by atoms with Crippen molar-refractivity contribution >= 4 is 29.2 Å². The summed E-state index contributed by atoms with van der Waals surface area (Å²) in [5.74, 6) is -0.359. The number of hydrogen-bond acceptors (Lipinski definition) is 5. The Morgan fingerprint density at radius 3 is 2.81 bits per heavy atom. The van der Waals surface area contributed by atoms with Gasteiger partial charge < -0.3 is 10.1 Å². The molecule has 1 aromatic heterocycles. The normalized spacial score (nSPS) is 10.3. The van der Waals surface area contributed by atoms with Gasteiger partial charge in [-0.15, -0.1) is 11.3 Å². The van der Waals surface area contributed by atoms with Crippen LogP contribution in [0.1, 0.15) is 21.5 Å². The van der Waals surface area contributed by atoms with Crippen LogP contribution in [0.5, 0.6) is 0 Å². The molecule has 84 valence electrons. The molecule has 0 aliphatic heterocycles. The second-order valence-corrected chi connectivity index (χ2v) is 3.91. The highest BCUT2D eigenvalue weighted by Crippen LogP contribution is 2.18. The first-order valence-electron chi connectivity index (χ1n) is 4.72. The van der Waals surface area contributed by atoms with Gasteiger partial charge in [0.15, 0.2) is 0 Å². The molecule has 0 unspecified atom stereocenters. The summed E-state index contributed by atoms with van der Waals surface area (Å²) in [4.78, 5) is 12.5. The molecule has 0 bridgehead atoms. The summed E-state index contributed by atoms with van der Waals surface area (Å²) in [5, 5.41) is 14.5. The van der Waals surface area contributed by atoms with Gasteiger partial charge >= 0.3 is 5.97 Å². The fourth-order valence-electron chi connectivity index (χ4n) is 1.02. The molecule has 1 heterocycles. The maximum atomic E-state index is 11.4. The van der Waals surface area contributed by atoms with Crippen LogP contribution in [0.25, 0.3) is 0 Å². The molecule has 1 aromatic rings. The van der Waals surface area contributed by atoms with E-state index in [2.05, 4.69) is 0 Å². The molecule has 0 radical (unpaired) electrons. The summed E-state index contributed by atoms with van der Waals surface area (Å²) in [6.45, 7) is 2.10. The quantitative estimate of drug-likeness (QED) is 0.609. The summed E-state index contributed by atoms with van der Waals surface area (Å²) >= 11 is 1.21. The smallest absolute Gasteiger partial charge is 0.348 e. The zero-order chi connectivity index (χ0) is 12.0. The van der Waals surface area contributed by atoms with Gasteiger partial charge in [0.2, 0.25) is 0 Å². The predicted molar refractivity (Wildman–Crippen MR) is 65.0 cm³/mol. The third kappa shape index (κ3) is 3.13. The van der Waals surface area contributed by atoms with Crippen LogP contribution in [0.4, 0.5) is 0 Å². The largest absolute Gasteiger partial charge is 0.462 e. The number of carbonyl (C=O) groups excluding carboxylic acids is 1. The van der Waals surface area contributed by atoms with E-state index in [0.717, 1.165) is 6.21 Å². The zero-order valence-corrected chi connectivity index (χ0v) is 9.64. The summed E-state index contributed by atoms with van der Waals surface area (Å²) in [6, 6.07) is 3.35. The van der Waals surface area contributed by atoms with Crippen molar-refractivity contribution in [1.29, 1.82) is 10.8 Å². The van der Waals surface area contributed by atoms with Crippen LogP contribution in [0.15, 0.2) is 24.3 Å². The molecule has 16 heavy (non-hydrogen) atoms. The Morgan fingerprint density at radius 1 is 1.50 bits per heavy atom.